The largest absolute Gasteiger partial charge is 0.295 e. The number of benzene rings is 1. The summed E-state index contributed by atoms with van der Waals surface area (Å²) in [6.07, 6.45) is 7.70. The molecule has 4 heteroatoms. The van der Waals surface area contributed by atoms with E-state index in [1.165, 1.54) is 11.1 Å². The van der Waals surface area contributed by atoms with E-state index in [4.69, 9.17) is 0 Å². The second kappa shape index (κ2) is 6.54. The molecule has 2 heterocycles. The summed E-state index contributed by atoms with van der Waals surface area (Å²) in [5, 5.41) is 4.45. The number of hydrogen-bond donors (Lipinski definition) is 0. The minimum absolute atomic E-state index is 0.336. The first-order chi connectivity index (χ1) is 10.7. The Kier molecular flexibility index (Phi) is 4.30. The normalized spacial score (nSPS) is 12.5. The molecule has 0 saturated heterocycles. The van der Waals surface area contributed by atoms with Crippen LogP contribution < -0.4 is 0 Å². The first-order valence-corrected chi connectivity index (χ1v) is 7.43. The summed E-state index contributed by atoms with van der Waals surface area (Å²) >= 11 is 0. The van der Waals surface area contributed by atoms with Crippen molar-refractivity contribution in [2.45, 2.75) is 19.5 Å². The highest BCUT2D eigenvalue weighted by atomic mass is 15.3. The third kappa shape index (κ3) is 3.23. The Morgan fingerprint density at radius 1 is 1.09 bits per heavy atom. The lowest BCUT2D eigenvalue weighted by Crippen LogP contribution is -2.21. The highest BCUT2D eigenvalue weighted by Gasteiger charge is 2.12. The summed E-state index contributed by atoms with van der Waals surface area (Å²) in [4.78, 5) is 6.38. The Balaban J connectivity index is 1.70. The maximum atomic E-state index is 4.45. The van der Waals surface area contributed by atoms with E-state index in [1.807, 2.05) is 41.5 Å². The molecule has 0 bridgehead atoms. The molecule has 4 nitrogen and oxygen atoms in total. The van der Waals surface area contributed by atoms with Gasteiger partial charge in [0.15, 0.2) is 0 Å². The van der Waals surface area contributed by atoms with Crippen LogP contribution in [0.5, 0.6) is 0 Å². The molecular formula is C18H20N4. The van der Waals surface area contributed by atoms with Gasteiger partial charge in [0, 0.05) is 36.7 Å². The number of pyridine rings is 1. The molecule has 1 atom stereocenters. The minimum atomic E-state index is 0.336. The van der Waals surface area contributed by atoms with Crippen LogP contribution in [-0.4, -0.2) is 26.7 Å². The molecule has 112 valence electrons. The summed E-state index contributed by atoms with van der Waals surface area (Å²) < 4.78 is 1.92. The third-order valence-corrected chi connectivity index (χ3v) is 3.94. The van der Waals surface area contributed by atoms with Gasteiger partial charge in [0.2, 0.25) is 0 Å². The highest BCUT2D eigenvalue weighted by molar-refractivity contribution is 5.30. The Morgan fingerprint density at radius 3 is 2.55 bits per heavy atom. The topological polar surface area (TPSA) is 34.0 Å². The van der Waals surface area contributed by atoms with Gasteiger partial charge in [-0.2, -0.15) is 5.10 Å². The molecule has 22 heavy (non-hydrogen) atoms. The summed E-state index contributed by atoms with van der Waals surface area (Å²) in [5.74, 6) is 0. The van der Waals surface area contributed by atoms with E-state index in [-0.39, 0.29) is 0 Å². The van der Waals surface area contributed by atoms with Crippen molar-refractivity contribution < 1.29 is 0 Å². The van der Waals surface area contributed by atoms with Crippen molar-refractivity contribution in [2.75, 3.05) is 7.05 Å². The van der Waals surface area contributed by atoms with Crippen LogP contribution in [0.3, 0.4) is 0 Å². The molecule has 0 aliphatic rings. The molecule has 3 aromatic rings. The zero-order chi connectivity index (χ0) is 15.4. The van der Waals surface area contributed by atoms with Crippen molar-refractivity contribution in [1.29, 1.82) is 0 Å². The molecule has 0 fully saturated rings. The molecule has 0 amide bonds. The summed E-state index contributed by atoms with van der Waals surface area (Å²) in [6, 6.07) is 14.6. The predicted molar refractivity (Wildman–Crippen MR) is 87.7 cm³/mol. The van der Waals surface area contributed by atoms with Crippen LogP contribution in [-0.2, 0) is 6.54 Å². The summed E-state index contributed by atoms with van der Waals surface area (Å²) in [5.41, 5.74) is 3.55. The maximum absolute atomic E-state index is 4.45. The fourth-order valence-electron chi connectivity index (χ4n) is 2.49. The minimum Gasteiger partial charge on any atom is -0.295 e. The van der Waals surface area contributed by atoms with Gasteiger partial charge in [0.05, 0.1) is 11.9 Å². The van der Waals surface area contributed by atoms with E-state index in [9.17, 15) is 0 Å². The molecule has 0 N–H and O–H groups in total. The number of aromatic nitrogens is 3. The average molecular weight is 292 g/mol. The van der Waals surface area contributed by atoms with Crippen LogP contribution in [0.25, 0.3) is 5.69 Å². The van der Waals surface area contributed by atoms with E-state index >= 15 is 0 Å². The molecule has 1 aromatic carbocycles. The van der Waals surface area contributed by atoms with E-state index in [0.29, 0.717) is 6.04 Å². The van der Waals surface area contributed by atoms with Gasteiger partial charge in [-0.15, -0.1) is 0 Å². The molecule has 0 unspecified atom stereocenters. The van der Waals surface area contributed by atoms with Crippen molar-refractivity contribution in [3.05, 3.63) is 78.4 Å². The maximum Gasteiger partial charge on any atom is 0.0645 e. The average Bonchev–Trinajstić information content (AvgIpc) is 3.04. The van der Waals surface area contributed by atoms with Crippen molar-refractivity contribution in [3.63, 3.8) is 0 Å². The van der Waals surface area contributed by atoms with Crippen LogP contribution in [0.4, 0.5) is 0 Å². The second-order valence-electron chi connectivity index (χ2n) is 5.50. The first-order valence-electron chi connectivity index (χ1n) is 7.43. The zero-order valence-corrected chi connectivity index (χ0v) is 12.9. The number of rotatable bonds is 5. The van der Waals surface area contributed by atoms with Gasteiger partial charge in [-0.25, -0.2) is 4.68 Å². The molecular weight excluding hydrogens is 272 g/mol. The SMILES string of the molecule is C[C@@H](c1ccncc1)N(C)Cc1cnn(-c2ccccc2)c1. The number of hydrogen-bond acceptors (Lipinski definition) is 3. The van der Waals surface area contributed by atoms with E-state index in [2.05, 4.69) is 59.4 Å². The van der Waals surface area contributed by atoms with Crippen molar-refractivity contribution in [3.8, 4) is 5.69 Å². The summed E-state index contributed by atoms with van der Waals surface area (Å²) in [7, 11) is 2.13. The van der Waals surface area contributed by atoms with E-state index in [1.54, 1.807) is 0 Å². The molecule has 0 spiro atoms. The van der Waals surface area contributed by atoms with Crippen LogP contribution in [0.15, 0.2) is 67.3 Å². The second-order valence-corrected chi connectivity index (χ2v) is 5.50. The lowest BCUT2D eigenvalue weighted by Gasteiger charge is -2.24. The van der Waals surface area contributed by atoms with E-state index in [0.717, 1.165) is 12.2 Å². The molecule has 2 aromatic heterocycles. The fourth-order valence-corrected chi connectivity index (χ4v) is 2.49. The monoisotopic (exact) mass is 292 g/mol. The fraction of sp³-hybridized carbons (Fsp3) is 0.222. The van der Waals surface area contributed by atoms with Gasteiger partial charge in [0.1, 0.15) is 0 Å². The highest BCUT2D eigenvalue weighted by Crippen LogP contribution is 2.20. The van der Waals surface area contributed by atoms with Gasteiger partial charge >= 0.3 is 0 Å². The molecule has 0 aliphatic heterocycles. The van der Waals surface area contributed by atoms with Crippen LogP contribution >= 0.6 is 0 Å². The van der Waals surface area contributed by atoms with Crippen molar-refractivity contribution in [1.82, 2.24) is 19.7 Å². The Morgan fingerprint density at radius 2 is 1.82 bits per heavy atom. The third-order valence-electron chi connectivity index (χ3n) is 3.94. The smallest absolute Gasteiger partial charge is 0.0645 e. The summed E-state index contributed by atoms with van der Waals surface area (Å²) in [6.45, 7) is 3.06. The van der Waals surface area contributed by atoms with E-state index < -0.39 is 0 Å². The Bertz CT molecular complexity index is 706. The lowest BCUT2D eigenvalue weighted by molar-refractivity contribution is 0.253. The van der Waals surface area contributed by atoms with Crippen LogP contribution in [0, 0.1) is 0 Å². The predicted octanol–water partition coefficient (Wildman–Crippen LogP) is 3.46. The van der Waals surface area contributed by atoms with Crippen LogP contribution in [0.1, 0.15) is 24.1 Å². The number of para-hydroxylation sites is 1. The molecule has 0 saturated carbocycles. The molecule has 3 rings (SSSR count). The lowest BCUT2D eigenvalue weighted by atomic mass is 10.1. The van der Waals surface area contributed by atoms with Gasteiger partial charge in [-0.05, 0) is 43.8 Å². The van der Waals surface area contributed by atoms with Crippen molar-refractivity contribution in [2.24, 2.45) is 0 Å². The van der Waals surface area contributed by atoms with Gasteiger partial charge in [0.25, 0.3) is 0 Å². The molecule has 0 aliphatic carbocycles. The standard InChI is InChI=1S/C18H20N4/c1-15(17-8-10-19-11-9-17)21(2)13-16-12-20-22(14-16)18-6-4-3-5-7-18/h3-12,14-15H,13H2,1-2H3/t15-/m0/s1. The van der Waals surface area contributed by atoms with Crippen LogP contribution in [0.2, 0.25) is 0 Å². The van der Waals surface area contributed by atoms with Gasteiger partial charge in [-0.3, -0.25) is 9.88 Å². The van der Waals surface area contributed by atoms with Gasteiger partial charge < -0.3 is 0 Å². The Labute approximate surface area is 131 Å². The van der Waals surface area contributed by atoms with Crippen molar-refractivity contribution >= 4 is 0 Å². The molecule has 0 radical (unpaired) electrons. The number of nitrogens with zero attached hydrogens (tertiary/aromatic N) is 4. The van der Waals surface area contributed by atoms with Gasteiger partial charge in [-0.1, -0.05) is 18.2 Å². The Hall–Kier alpha value is -2.46. The zero-order valence-electron chi connectivity index (χ0n) is 12.9. The quantitative estimate of drug-likeness (QED) is 0.722. The first kappa shape index (κ1) is 14.5.